The molecule has 1 aliphatic carbocycles. The maximum Gasteiger partial charge on any atom is 0.323 e. The summed E-state index contributed by atoms with van der Waals surface area (Å²) in [6, 6.07) is 11.6. The van der Waals surface area contributed by atoms with Crippen molar-refractivity contribution in [2.45, 2.75) is 37.9 Å². The minimum atomic E-state index is -1.03. The van der Waals surface area contributed by atoms with E-state index in [1.54, 1.807) is 48.5 Å². The van der Waals surface area contributed by atoms with E-state index in [0.717, 1.165) is 0 Å². The van der Waals surface area contributed by atoms with Crippen LogP contribution in [0.15, 0.2) is 54.7 Å². The molecular weight excluding hydrogens is 475 g/mol. The van der Waals surface area contributed by atoms with Crippen LogP contribution >= 0.6 is 11.6 Å². The first-order chi connectivity index (χ1) is 16.7. The maximum atomic E-state index is 15.0. The summed E-state index contributed by atoms with van der Waals surface area (Å²) in [5.74, 6) is -1.21. The molecule has 0 unspecified atom stereocenters. The van der Waals surface area contributed by atoms with Crippen molar-refractivity contribution in [2.24, 2.45) is 11.1 Å². The lowest BCUT2D eigenvalue weighted by atomic mass is 10.00. The highest BCUT2D eigenvalue weighted by molar-refractivity contribution is 6.30. The molecule has 3 N–H and O–H groups in total. The fourth-order valence-corrected chi connectivity index (χ4v) is 5.50. The molecule has 0 radical (unpaired) electrons. The second-order valence-corrected chi connectivity index (χ2v) is 9.74. The van der Waals surface area contributed by atoms with Crippen LogP contribution in [0.5, 0.6) is 0 Å². The Labute approximate surface area is 205 Å². The van der Waals surface area contributed by atoms with Gasteiger partial charge in [0, 0.05) is 28.1 Å². The molecule has 0 bridgehead atoms. The molecule has 2 heterocycles. The highest BCUT2D eigenvalue weighted by Crippen LogP contribution is 2.59. The molecule has 3 aromatic rings. The first-order valence-electron chi connectivity index (χ1n) is 11.3. The Kier molecular flexibility index (Phi) is 5.77. The fraction of sp³-hybridized carbons (Fsp3) is 0.320. The summed E-state index contributed by atoms with van der Waals surface area (Å²) in [6.45, 7) is -0.492. The number of carbonyl (C=O) groups excluding carboxylic acids is 3. The number of piperidine rings is 1. The summed E-state index contributed by atoms with van der Waals surface area (Å²) in [4.78, 5) is 39.9. The van der Waals surface area contributed by atoms with E-state index in [2.05, 4.69) is 0 Å². The Morgan fingerprint density at radius 1 is 1.17 bits per heavy atom. The topological polar surface area (TPSA) is 109 Å². The van der Waals surface area contributed by atoms with Crippen LogP contribution in [0.4, 0.5) is 9.28 Å². The first-order valence-corrected chi connectivity index (χ1v) is 11.6. The fourth-order valence-electron chi connectivity index (χ4n) is 5.29. The van der Waals surface area contributed by atoms with Crippen LogP contribution in [0.1, 0.15) is 24.0 Å². The van der Waals surface area contributed by atoms with E-state index in [1.165, 1.54) is 15.7 Å². The normalized spacial score (nSPS) is 22.8. The van der Waals surface area contributed by atoms with Gasteiger partial charge in [0.05, 0.1) is 25.1 Å². The molecule has 1 aliphatic heterocycles. The van der Waals surface area contributed by atoms with E-state index in [1.807, 2.05) is 0 Å². The third kappa shape index (κ3) is 4.04. The number of nitrogens with two attached hydrogens (primary N) is 1. The Hall–Kier alpha value is -3.43. The predicted octanol–water partition coefficient (Wildman–Crippen LogP) is 3.03. The number of rotatable bonds is 6. The second-order valence-electron chi connectivity index (χ2n) is 9.31. The number of amides is 3. The quantitative estimate of drug-likeness (QED) is 0.509. The van der Waals surface area contributed by atoms with E-state index in [9.17, 15) is 24.0 Å². The zero-order valence-corrected chi connectivity index (χ0v) is 19.5. The standard InChI is InChI=1S/C25H24ClFN4O4/c26-17-5-3-4-15(8-17)12-30(27)23(34)20-10-25(14-32)11-21(25)31(20)22(33)9-16-13-29(24(28)35)19-7-2-1-6-18(16)19/h1-8,13,20-21,32H,9-12,14H2,(H2,28,35)/t20-,21+,25-/m0/s1. The van der Waals surface area contributed by atoms with Gasteiger partial charge in [-0.25, -0.2) is 4.79 Å². The molecule has 5 rings (SSSR count). The van der Waals surface area contributed by atoms with Gasteiger partial charge in [0.25, 0.3) is 5.91 Å². The van der Waals surface area contributed by atoms with Gasteiger partial charge in [0.2, 0.25) is 5.91 Å². The summed E-state index contributed by atoms with van der Waals surface area (Å²) < 4.78 is 16.3. The van der Waals surface area contributed by atoms with Crippen molar-refractivity contribution in [3.8, 4) is 0 Å². The molecule has 1 aromatic heterocycles. The number of fused-ring (bicyclic) bond motifs is 2. The minimum Gasteiger partial charge on any atom is -0.396 e. The molecule has 2 aromatic carbocycles. The number of nitrogens with zero attached hydrogens (tertiary/aromatic N) is 3. The Morgan fingerprint density at radius 2 is 1.94 bits per heavy atom. The average molecular weight is 499 g/mol. The van der Waals surface area contributed by atoms with Crippen LogP contribution < -0.4 is 5.73 Å². The molecule has 3 atom stereocenters. The van der Waals surface area contributed by atoms with E-state index < -0.39 is 23.4 Å². The van der Waals surface area contributed by atoms with Crippen LogP contribution in [0.2, 0.25) is 5.02 Å². The molecule has 2 aliphatic rings. The molecule has 2 fully saturated rings. The molecule has 0 spiro atoms. The lowest BCUT2D eigenvalue weighted by Crippen LogP contribution is -2.47. The lowest BCUT2D eigenvalue weighted by Gasteiger charge is -2.28. The van der Waals surface area contributed by atoms with Gasteiger partial charge >= 0.3 is 6.03 Å². The summed E-state index contributed by atoms with van der Waals surface area (Å²) in [5.41, 5.74) is 6.56. The predicted molar refractivity (Wildman–Crippen MR) is 127 cm³/mol. The molecule has 10 heteroatoms. The Bertz CT molecular complexity index is 1340. The number of hydrogen-bond donors (Lipinski definition) is 2. The van der Waals surface area contributed by atoms with Gasteiger partial charge < -0.3 is 15.7 Å². The van der Waals surface area contributed by atoms with E-state index in [0.29, 0.717) is 33.5 Å². The summed E-state index contributed by atoms with van der Waals surface area (Å²) >= 11 is 5.96. The maximum absolute atomic E-state index is 15.0. The van der Waals surface area contributed by atoms with Crippen LogP contribution in [0, 0.1) is 5.41 Å². The van der Waals surface area contributed by atoms with Crippen LogP contribution in [-0.2, 0) is 22.6 Å². The third-order valence-electron chi connectivity index (χ3n) is 7.13. The number of benzene rings is 2. The molecular formula is C25H24ClFN4O4. The Balaban J connectivity index is 1.39. The van der Waals surface area contributed by atoms with Crippen molar-refractivity contribution in [3.63, 3.8) is 0 Å². The largest absolute Gasteiger partial charge is 0.396 e. The number of likely N-dealkylation sites (tertiary alicyclic amines) is 1. The number of carbonyl (C=O) groups is 3. The summed E-state index contributed by atoms with van der Waals surface area (Å²) in [5, 5.41) is 11.2. The molecule has 1 saturated carbocycles. The van der Waals surface area contributed by atoms with Crippen LogP contribution in [0.25, 0.3) is 10.9 Å². The van der Waals surface area contributed by atoms with Gasteiger partial charge in [-0.2, -0.15) is 5.12 Å². The van der Waals surface area contributed by atoms with E-state index in [-0.39, 0.29) is 43.1 Å². The van der Waals surface area contributed by atoms with Crippen molar-refractivity contribution in [3.05, 3.63) is 70.9 Å². The van der Waals surface area contributed by atoms with Gasteiger partial charge in [-0.05, 0) is 42.2 Å². The lowest BCUT2D eigenvalue weighted by molar-refractivity contribution is -0.157. The number of hydrogen-bond acceptors (Lipinski definition) is 4. The highest BCUT2D eigenvalue weighted by atomic mass is 35.5. The van der Waals surface area contributed by atoms with Crippen molar-refractivity contribution in [2.75, 3.05) is 6.61 Å². The molecule has 8 nitrogen and oxygen atoms in total. The third-order valence-corrected chi connectivity index (χ3v) is 7.36. The minimum absolute atomic E-state index is 0.0941. The Morgan fingerprint density at radius 3 is 2.66 bits per heavy atom. The van der Waals surface area contributed by atoms with Gasteiger partial charge in [0.1, 0.15) is 6.04 Å². The number of aliphatic hydroxyl groups excluding tert-OH is 1. The SMILES string of the molecule is NC(=O)n1cc(CC(=O)N2[C@H](C(=O)N(F)Cc3cccc(Cl)c3)C[C@@]3(CO)C[C@@H]23)c2ccccc21. The first kappa shape index (κ1) is 23.3. The number of halogens is 2. The zero-order valence-electron chi connectivity index (χ0n) is 18.7. The number of primary amides is 1. The second kappa shape index (κ2) is 8.66. The van der Waals surface area contributed by atoms with Gasteiger partial charge in [-0.1, -0.05) is 46.4 Å². The van der Waals surface area contributed by atoms with Crippen molar-refractivity contribution < 1.29 is 24.0 Å². The number of aromatic nitrogens is 1. The zero-order chi connectivity index (χ0) is 24.9. The molecule has 35 heavy (non-hydrogen) atoms. The van der Waals surface area contributed by atoms with E-state index >= 15 is 0 Å². The van der Waals surface area contributed by atoms with Crippen molar-refractivity contribution in [1.29, 1.82) is 0 Å². The van der Waals surface area contributed by atoms with Gasteiger partial charge in [-0.15, -0.1) is 0 Å². The summed E-state index contributed by atoms with van der Waals surface area (Å²) in [6.07, 6.45) is 2.17. The summed E-state index contributed by atoms with van der Waals surface area (Å²) in [7, 11) is 0. The number of para-hydroxylation sites is 1. The van der Waals surface area contributed by atoms with Gasteiger partial charge in [0.15, 0.2) is 0 Å². The van der Waals surface area contributed by atoms with Crippen molar-refractivity contribution in [1.82, 2.24) is 14.6 Å². The molecule has 1 saturated heterocycles. The smallest absolute Gasteiger partial charge is 0.323 e. The van der Waals surface area contributed by atoms with Crippen LogP contribution in [0.3, 0.4) is 0 Å². The monoisotopic (exact) mass is 498 g/mol. The average Bonchev–Trinajstić information content (AvgIpc) is 3.26. The molecule has 3 amide bonds. The van der Waals surface area contributed by atoms with Crippen molar-refractivity contribution >= 4 is 40.3 Å². The molecule has 182 valence electrons. The highest BCUT2D eigenvalue weighted by Gasteiger charge is 2.67. The number of aliphatic hydroxyl groups is 1. The van der Waals surface area contributed by atoms with Gasteiger partial charge in [-0.3, -0.25) is 14.2 Å². The van der Waals surface area contributed by atoms with E-state index in [4.69, 9.17) is 17.3 Å². The van der Waals surface area contributed by atoms with Crippen LogP contribution in [-0.4, -0.2) is 56.2 Å².